The molecule has 1 N–H and O–H groups in total. The fraction of sp³-hybridized carbons (Fsp3) is 0.333. The second kappa shape index (κ2) is 5.66. The third-order valence-electron chi connectivity index (χ3n) is 2.71. The van der Waals surface area contributed by atoms with Crippen molar-refractivity contribution in [2.45, 2.75) is 18.6 Å². The zero-order chi connectivity index (χ0) is 13.9. The van der Waals surface area contributed by atoms with Gasteiger partial charge in [0, 0.05) is 23.7 Å². The van der Waals surface area contributed by atoms with Crippen molar-refractivity contribution >= 4 is 11.3 Å². The van der Waals surface area contributed by atoms with Crippen molar-refractivity contribution in [2.24, 2.45) is 0 Å². The molecule has 0 radical (unpaired) electrons. The van der Waals surface area contributed by atoms with Crippen LogP contribution < -0.4 is 5.32 Å². The largest absolute Gasteiger partial charge is 0.417 e. The molecule has 0 aliphatic carbocycles. The predicted molar refractivity (Wildman–Crippen MR) is 66.9 cm³/mol. The first-order valence-corrected chi connectivity index (χ1v) is 6.46. The van der Waals surface area contributed by atoms with Gasteiger partial charge in [-0.05, 0) is 19.2 Å². The van der Waals surface area contributed by atoms with Crippen molar-refractivity contribution in [3.8, 4) is 0 Å². The molecule has 0 amide bonds. The van der Waals surface area contributed by atoms with E-state index in [1.807, 2.05) is 0 Å². The third-order valence-corrected chi connectivity index (χ3v) is 3.51. The van der Waals surface area contributed by atoms with E-state index in [1.54, 1.807) is 18.8 Å². The molecule has 0 bridgehead atoms. The Hall–Kier alpha value is -1.47. The highest BCUT2D eigenvalue weighted by Crippen LogP contribution is 2.29. The molecule has 2 aromatic rings. The Morgan fingerprint density at radius 1 is 1.32 bits per heavy atom. The van der Waals surface area contributed by atoms with Gasteiger partial charge in [-0.1, -0.05) is 0 Å². The number of alkyl halides is 3. The van der Waals surface area contributed by atoms with E-state index in [2.05, 4.69) is 15.3 Å². The zero-order valence-corrected chi connectivity index (χ0v) is 10.9. The summed E-state index contributed by atoms with van der Waals surface area (Å²) in [4.78, 5) is 8.93. The van der Waals surface area contributed by atoms with E-state index < -0.39 is 11.7 Å². The summed E-state index contributed by atoms with van der Waals surface area (Å²) in [6, 6.07) is 2.34. The van der Waals surface area contributed by atoms with Crippen LogP contribution >= 0.6 is 11.3 Å². The molecule has 1 unspecified atom stereocenters. The Kier molecular flexibility index (Phi) is 4.16. The van der Waals surface area contributed by atoms with Crippen molar-refractivity contribution in [3.05, 3.63) is 46.2 Å². The lowest BCUT2D eigenvalue weighted by Crippen LogP contribution is -2.20. The molecular formula is C12H12F3N3S. The molecule has 2 aromatic heterocycles. The maximum absolute atomic E-state index is 12.4. The Morgan fingerprint density at radius 2 is 2.11 bits per heavy atom. The normalized spacial score (nSPS) is 13.5. The van der Waals surface area contributed by atoms with Crippen molar-refractivity contribution < 1.29 is 13.2 Å². The van der Waals surface area contributed by atoms with Crippen LogP contribution in [-0.4, -0.2) is 17.0 Å². The molecular weight excluding hydrogens is 275 g/mol. The quantitative estimate of drug-likeness (QED) is 0.939. The van der Waals surface area contributed by atoms with Gasteiger partial charge in [0.05, 0.1) is 22.8 Å². The SMILES string of the molecule is CNC(Cc1cncs1)c1ccc(C(F)(F)F)cn1. The Morgan fingerprint density at radius 3 is 2.58 bits per heavy atom. The number of likely N-dealkylation sites (N-methyl/N-ethyl adjacent to an activating group) is 1. The maximum Gasteiger partial charge on any atom is 0.417 e. The van der Waals surface area contributed by atoms with Crippen LogP contribution in [0.5, 0.6) is 0 Å². The molecule has 0 fully saturated rings. The fourth-order valence-corrected chi connectivity index (χ4v) is 2.32. The molecule has 102 valence electrons. The zero-order valence-electron chi connectivity index (χ0n) is 10.1. The molecule has 19 heavy (non-hydrogen) atoms. The monoisotopic (exact) mass is 287 g/mol. The molecule has 0 saturated carbocycles. The number of hydrogen-bond donors (Lipinski definition) is 1. The molecule has 2 rings (SSSR count). The van der Waals surface area contributed by atoms with Gasteiger partial charge in [0.2, 0.25) is 0 Å². The molecule has 2 heterocycles. The summed E-state index contributed by atoms with van der Waals surface area (Å²) in [7, 11) is 1.76. The lowest BCUT2D eigenvalue weighted by molar-refractivity contribution is -0.137. The molecule has 0 aliphatic heterocycles. The van der Waals surface area contributed by atoms with Gasteiger partial charge in [0.1, 0.15) is 0 Å². The number of nitrogens with zero attached hydrogens (tertiary/aromatic N) is 2. The molecule has 7 heteroatoms. The van der Waals surface area contributed by atoms with Gasteiger partial charge in [0.25, 0.3) is 0 Å². The smallest absolute Gasteiger partial charge is 0.311 e. The average molecular weight is 287 g/mol. The topological polar surface area (TPSA) is 37.8 Å². The van der Waals surface area contributed by atoms with E-state index in [9.17, 15) is 13.2 Å². The molecule has 0 aromatic carbocycles. The van der Waals surface area contributed by atoms with E-state index in [4.69, 9.17) is 0 Å². The predicted octanol–water partition coefficient (Wildman–Crippen LogP) is 3.06. The van der Waals surface area contributed by atoms with Crippen molar-refractivity contribution in [3.63, 3.8) is 0 Å². The lowest BCUT2D eigenvalue weighted by Gasteiger charge is -2.15. The fourth-order valence-electron chi connectivity index (χ4n) is 1.68. The summed E-state index contributed by atoms with van der Waals surface area (Å²) in [6.45, 7) is 0. The van der Waals surface area contributed by atoms with Gasteiger partial charge >= 0.3 is 6.18 Å². The van der Waals surface area contributed by atoms with Crippen LogP contribution in [0.25, 0.3) is 0 Å². The highest BCUT2D eigenvalue weighted by Gasteiger charge is 2.30. The Labute approximate surface area is 112 Å². The first-order chi connectivity index (χ1) is 9.00. The minimum atomic E-state index is -4.35. The Bertz CT molecular complexity index is 508. The van der Waals surface area contributed by atoms with Gasteiger partial charge < -0.3 is 5.32 Å². The van der Waals surface area contributed by atoms with Gasteiger partial charge in [-0.15, -0.1) is 11.3 Å². The van der Waals surface area contributed by atoms with Crippen LogP contribution in [0.2, 0.25) is 0 Å². The molecule has 0 spiro atoms. The number of halogens is 3. The van der Waals surface area contributed by atoms with Gasteiger partial charge in [0.15, 0.2) is 0 Å². The van der Waals surface area contributed by atoms with E-state index >= 15 is 0 Å². The standard InChI is InChI=1S/C12H12F3N3S/c1-16-11(4-9-6-17-7-19-9)10-3-2-8(5-18-10)12(13,14)15/h2-3,5-7,11,16H,4H2,1H3. The molecule has 3 nitrogen and oxygen atoms in total. The second-order valence-corrected chi connectivity index (χ2v) is 4.95. The van der Waals surface area contributed by atoms with Gasteiger partial charge in [-0.2, -0.15) is 13.2 Å². The van der Waals surface area contributed by atoms with Crippen LogP contribution in [-0.2, 0) is 12.6 Å². The van der Waals surface area contributed by atoms with Crippen molar-refractivity contribution in [1.29, 1.82) is 0 Å². The molecule has 0 saturated heterocycles. The highest BCUT2D eigenvalue weighted by atomic mass is 32.1. The second-order valence-electron chi connectivity index (χ2n) is 3.98. The first kappa shape index (κ1) is 14.0. The van der Waals surface area contributed by atoms with Crippen LogP contribution in [0.4, 0.5) is 13.2 Å². The van der Waals surface area contributed by atoms with Crippen molar-refractivity contribution in [1.82, 2.24) is 15.3 Å². The van der Waals surface area contributed by atoms with E-state index in [0.29, 0.717) is 12.1 Å². The average Bonchev–Trinajstić information content (AvgIpc) is 2.88. The number of rotatable bonds is 4. The summed E-state index contributed by atoms with van der Waals surface area (Å²) in [5, 5.41) is 3.05. The lowest BCUT2D eigenvalue weighted by atomic mass is 10.1. The maximum atomic E-state index is 12.4. The van der Waals surface area contributed by atoms with Crippen LogP contribution in [0.3, 0.4) is 0 Å². The van der Waals surface area contributed by atoms with Crippen LogP contribution in [0.15, 0.2) is 30.0 Å². The highest BCUT2D eigenvalue weighted by molar-refractivity contribution is 7.09. The third kappa shape index (κ3) is 3.51. The van der Waals surface area contributed by atoms with Gasteiger partial charge in [-0.25, -0.2) is 0 Å². The summed E-state index contributed by atoms with van der Waals surface area (Å²) in [6.07, 6.45) is -1.08. The minimum Gasteiger partial charge on any atom is -0.311 e. The van der Waals surface area contributed by atoms with E-state index in [-0.39, 0.29) is 6.04 Å². The summed E-state index contributed by atoms with van der Waals surface area (Å²) in [5.41, 5.74) is 1.58. The molecule has 1 atom stereocenters. The van der Waals surface area contributed by atoms with Crippen molar-refractivity contribution in [2.75, 3.05) is 7.05 Å². The first-order valence-electron chi connectivity index (χ1n) is 5.58. The number of pyridine rings is 1. The number of aromatic nitrogens is 2. The Balaban J connectivity index is 2.15. The number of hydrogen-bond acceptors (Lipinski definition) is 4. The van der Waals surface area contributed by atoms with E-state index in [1.165, 1.54) is 17.4 Å². The number of thiazole rings is 1. The number of nitrogens with one attached hydrogen (secondary N) is 1. The molecule has 0 aliphatic rings. The minimum absolute atomic E-state index is 0.122. The summed E-state index contributed by atoms with van der Waals surface area (Å²) in [5.74, 6) is 0. The van der Waals surface area contributed by atoms with Gasteiger partial charge in [-0.3, -0.25) is 9.97 Å². The van der Waals surface area contributed by atoms with Crippen LogP contribution in [0, 0.1) is 0 Å². The summed E-state index contributed by atoms with van der Waals surface area (Å²) < 4.78 is 37.3. The summed E-state index contributed by atoms with van der Waals surface area (Å²) >= 11 is 1.51. The van der Waals surface area contributed by atoms with E-state index in [0.717, 1.165) is 17.1 Å². The van der Waals surface area contributed by atoms with Crippen LogP contribution in [0.1, 0.15) is 22.2 Å².